The normalized spacial score (nSPS) is 12.9. The minimum absolute atomic E-state index is 0.00774. The first-order valence-electron chi connectivity index (χ1n) is 7.89. The lowest BCUT2D eigenvalue weighted by Gasteiger charge is -2.12. The van der Waals surface area contributed by atoms with Crippen LogP contribution in [0.15, 0.2) is 28.7 Å². The van der Waals surface area contributed by atoms with Crippen LogP contribution in [0.2, 0.25) is 0 Å². The first-order valence-corrected chi connectivity index (χ1v) is 7.89. The van der Waals surface area contributed by atoms with E-state index in [1.807, 2.05) is 6.07 Å². The SMILES string of the molecule is CCCCCCCCC(NN)c1cc2cc(F)ccc2o1. The maximum atomic E-state index is 13.2. The zero-order valence-corrected chi connectivity index (χ0v) is 12.7. The Balaban J connectivity index is 1.90. The Morgan fingerprint density at radius 3 is 2.67 bits per heavy atom. The molecule has 1 aromatic carbocycles. The summed E-state index contributed by atoms with van der Waals surface area (Å²) >= 11 is 0. The van der Waals surface area contributed by atoms with Crippen LogP contribution in [-0.2, 0) is 0 Å². The van der Waals surface area contributed by atoms with E-state index in [1.165, 1.54) is 44.2 Å². The van der Waals surface area contributed by atoms with Crippen LogP contribution >= 0.6 is 0 Å². The Morgan fingerprint density at radius 2 is 1.90 bits per heavy atom. The predicted molar refractivity (Wildman–Crippen MR) is 84.2 cm³/mol. The Kier molecular flexibility index (Phi) is 6.21. The van der Waals surface area contributed by atoms with Gasteiger partial charge in [-0.1, -0.05) is 45.4 Å². The van der Waals surface area contributed by atoms with Gasteiger partial charge in [-0.3, -0.25) is 5.84 Å². The van der Waals surface area contributed by atoms with Gasteiger partial charge in [-0.2, -0.15) is 0 Å². The highest BCUT2D eigenvalue weighted by Crippen LogP contribution is 2.27. The number of benzene rings is 1. The largest absolute Gasteiger partial charge is 0.459 e. The van der Waals surface area contributed by atoms with Crippen LogP contribution in [-0.4, -0.2) is 0 Å². The summed E-state index contributed by atoms with van der Waals surface area (Å²) in [6.45, 7) is 2.22. The molecule has 1 atom stereocenters. The molecule has 1 aromatic heterocycles. The van der Waals surface area contributed by atoms with E-state index in [1.54, 1.807) is 6.07 Å². The Hall–Kier alpha value is -1.39. The van der Waals surface area contributed by atoms with Crippen molar-refractivity contribution in [1.82, 2.24) is 5.43 Å². The van der Waals surface area contributed by atoms with Gasteiger partial charge in [-0.05, 0) is 30.7 Å². The quantitative estimate of drug-likeness (QED) is 0.395. The summed E-state index contributed by atoms with van der Waals surface area (Å²) in [4.78, 5) is 0. The van der Waals surface area contributed by atoms with Gasteiger partial charge < -0.3 is 4.42 Å². The number of furan rings is 1. The van der Waals surface area contributed by atoms with Gasteiger partial charge in [0, 0.05) is 5.39 Å². The van der Waals surface area contributed by atoms with Gasteiger partial charge in [0.1, 0.15) is 17.2 Å². The molecule has 21 heavy (non-hydrogen) atoms. The molecule has 3 nitrogen and oxygen atoms in total. The summed E-state index contributed by atoms with van der Waals surface area (Å²) < 4.78 is 19.0. The number of unbranched alkanes of at least 4 members (excludes halogenated alkanes) is 5. The molecule has 0 aliphatic carbocycles. The van der Waals surface area contributed by atoms with Crippen molar-refractivity contribution in [2.24, 2.45) is 5.84 Å². The van der Waals surface area contributed by atoms with Gasteiger partial charge >= 0.3 is 0 Å². The molecule has 0 aliphatic rings. The molecular formula is C17H25FN2O. The fourth-order valence-electron chi connectivity index (χ4n) is 2.64. The molecule has 3 N–H and O–H groups in total. The molecule has 0 spiro atoms. The number of rotatable bonds is 9. The summed E-state index contributed by atoms with van der Waals surface area (Å²) in [6, 6.07) is 6.42. The van der Waals surface area contributed by atoms with E-state index in [2.05, 4.69) is 12.3 Å². The topological polar surface area (TPSA) is 51.2 Å². The first kappa shape index (κ1) is 16.0. The molecule has 0 bridgehead atoms. The van der Waals surface area contributed by atoms with Crippen LogP contribution in [0.3, 0.4) is 0 Å². The zero-order chi connectivity index (χ0) is 15.1. The highest BCUT2D eigenvalue weighted by molar-refractivity contribution is 5.78. The van der Waals surface area contributed by atoms with Crippen molar-refractivity contribution in [3.8, 4) is 0 Å². The summed E-state index contributed by atoms with van der Waals surface area (Å²) in [7, 11) is 0. The Morgan fingerprint density at radius 1 is 1.14 bits per heavy atom. The lowest BCUT2D eigenvalue weighted by molar-refractivity contribution is 0.401. The van der Waals surface area contributed by atoms with E-state index in [0.29, 0.717) is 5.58 Å². The highest BCUT2D eigenvalue weighted by Gasteiger charge is 2.15. The van der Waals surface area contributed by atoms with E-state index < -0.39 is 0 Å². The van der Waals surface area contributed by atoms with Crippen molar-refractivity contribution in [2.75, 3.05) is 0 Å². The van der Waals surface area contributed by atoms with Crippen LogP contribution in [0, 0.1) is 5.82 Å². The maximum Gasteiger partial charge on any atom is 0.134 e. The summed E-state index contributed by atoms with van der Waals surface area (Å²) in [5, 5.41) is 0.785. The van der Waals surface area contributed by atoms with Crippen molar-refractivity contribution in [3.63, 3.8) is 0 Å². The molecule has 2 aromatic rings. The molecule has 0 aliphatic heterocycles. The second-order valence-corrected chi connectivity index (χ2v) is 5.61. The fourth-order valence-corrected chi connectivity index (χ4v) is 2.64. The standard InChI is InChI=1S/C17H25FN2O/c1-2-3-4-5-6-7-8-15(20-19)17-12-13-11-14(18)9-10-16(13)21-17/h9-12,15,20H,2-8,19H2,1H3. The monoisotopic (exact) mass is 292 g/mol. The fraction of sp³-hybridized carbons (Fsp3) is 0.529. The lowest BCUT2D eigenvalue weighted by atomic mass is 10.0. The van der Waals surface area contributed by atoms with E-state index in [9.17, 15) is 4.39 Å². The maximum absolute atomic E-state index is 13.2. The van der Waals surface area contributed by atoms with Gasteiger partial charge in [0.15, 0.2) is 0 Å². The van der Waals surface area contributed by atoms with Crippen LogP contribution in [0.4, 0.5) is 4.39 Å². The van der Waals surface area contributed by atoms with E-state index in [0.717, 1.165) is 24.0 Å². The van der Waals surface area contributed by atoms with Crippen molar-refractivity contribution in [1.29, 1.82) is 0 Å². The third kappa shape index (κ3) is 4.55. The second-order valence-electron chi connectivity index (χ2n) is 5.61. The molecule has 0 radical (unpaired) electrons. The minimum Gasteiger partial charge on any atom is -0.459 e. The number of hydrazine groups is 1. The zero-order valence-electron chi connectivity index (χ0n) is 12.7. The highest BCUT2D eigenvalue weighted by atomic mass is 19.1. The molecule has 0 fully saturated rings. The van der Waals surface area contributed by atoms with E-state index >= 15 is 0 Å². The number of hydrogen-bond donors (Lipinski definition) is 2. The third-order valence-corrected chi connectivity index (χ3v) is 3.89. The van der Waals surface area contributed by atoms with Gasteiger partial charge in [-0.25, -0.2) is 9.82 Å². The van der Waals surface area contributed by atoms with Crippen LogP contribution in [0.1, 0.15) is 63.7 Å². The molecule has 0 amide bonds. The number of halogens is 1. The first-order chi connectivity index (χ1) is 10.2. The van der Waals surface area contributed by atoms with Gasteiger partial charge in [-0.15, -0.1) is 0 Å². The summed E-state index contributed by atoms with van der Waals surface area (Å²) in [6.07, 6.45) is 8.43. The Bertz CT molecular complexity index is 553. The average Bonchev–Trinajstić information content (AvgIpc) is 2.89. The molecule has 2 rings (SSSR count). The minimum atomic E-state index is -0.247. The predicted octanol–water partition coefficient (Wildman–Crippen LogP) is 4.83. The molecule has 0 saturated carbocycles. The molecule has 0 saturated heterocycles. The van der Waals surface area contributed by atoms with Crippen molar-refractivity contribution < 1.29 is 8.81 Å². The van der Waals surface area contributed by atoms with E-state index in [4.69, 9.17) is 10.3 Å². The van der Waals surface area contributed by atoms with Crippen molar-refractivity contribution in [2.45, 2.75) is 57.9 Å². The lowest BCUT2D eigenvalue weighted by Crippen LogP contribution is -2.27. The van der Waals surface area contributed by atoms with Crippen molar-refractivity contribution in [3.05, 3.63) is 35.8 Å². The van der Waals surface area contributed by atoms with Crippen LogP contribution in [0.25, 0.3) is 11.0 Å². The second kappa shape index (κ2) is 8.15. The van der Waals surface area contributed by atoms with Crippen LogP contribution < -0.4 is 11.3 Å². The molecule has 116 valence electrons. The average molecular weight is 292 g/mol. The van der Waals surface area contributed by atoms with Gasteiger partial charge in [0.25, 0.3) is 0 Å². The van der Waals surface area contributed by atoms with E-state index in [-0.39, 0.29) is 11.9 Å². The van der Waals surface area contributed by atoms with Gasteiger partial charge in [0.2, 0.25) is 0 Å². The van der Waals surface area contributed by atoms with Crippen molar-refractivity contribution >= 4 is 11.0 Å². The number of nitrogens with one attached hydrogen (secondary N) is 1. The molecule has 4 heteroatoms. The van der Waals surface area contributed by atoms with Gasteiger partial charge in [0.05, 0.1) is 6.04 Å². The number of hydrogen-bond acceptors (Lipinski definition) is 3. The summed E-state index contributed by atoms with van der Waals surface area (Å²) in [5.74, 6) is 6.17. The smallest absolute Gasteiger partial charge is 0.134 e. The summed E-state index contributed by atoms with van der Waals surface area (Å²) in [5.41, 5.74) is 3.51. The number of fused-ring (bicyclic) bond motifs is 1. The number of nitrogens with two attached hydrogens (primary N) is 1. The molecular weight excluding hydrogens is 267 g/mol. The molecule has 1 heterocycles. The molecule has 1 unspecified atom stereocenters. The Labute approximate surface area is 125 Å². The van der Waals surface area contributed by atoms with Crippen LogP contribution in [0.5, 0.6) is 0 Å². The third-order valence-electron chi connectivity index (χ3n) is 3.89.